The molecule has 0 spiro atoms. The van der Waals surface area contributed by atoms with Crippen molar-refractivity contribution in [1.29, 1.82) is 0 Å². The Balaban J connectivity index is -0.0000000267. The first kappa shape index (κ1) is 22.6. The van der Waals surface area contributed by atoms with Crippen molar-refractivity contribution in [2.45, 2.75) is 0 Å². The van der Waals surface area contributed by atoms with Crippen LogP contribution in [0.25, 0.3) is 0 Å². The van der Waals surface area contributed by atoms with Gasteiger partial charge in [0.2, 0.25) is 0 Å². The molecule has 0 aromatic rings. The average Bonchev–Trinajstić information content (AvgIpc) is 0.722. The Bertz CT molecular complexity index is 25.9. The van der Waals surface area contributed by atoms with Gasteiger partial charge in [-0.3, -0.25) is 0 Å². The fourth-order valence-electron chi connectivity index (χ4n) is 0. The van der Waals surface area contributed by atoms with Crippen LogP contribution in [0.3, 0.4) is 0 Å². The summed E-state index contributed by atoms with van der Waals surface area (Å²) in [5.74, 6) is 0. The molecule has 0 aliphatic heterocycles. The monoisotopic (exact) mass is 526 g/mol. The number of hydrogen-bond donors (Lipinski definition) is 0. The van der Waals surface area contributed by atoms with Crippen LogP contribution < -0.4 is 19.2 Å². The summed E-state index contributed by atoms with van der Waals surface area (Å²) in [6, 6.07) is 0. The molecular formula is Bi2O5Si. The van der Waals surface area contributed by atoms with Crippen LogP contribution in [-0.2, 0) is 5.48 Å². The van der Waals surface area contributed by atoms with Crippen LogP contribution >= 0.6 is 0 Å². The smallest absolute Gasteiger partial charge is 2.00 e. The zero-order chi connectivity index (χ0) is 4.50. The van der Waals surface area contributed by atoms with E-state index in [0.29, 0.717) is 0 Å². The molecule has 0 aliphatic carbocycles. The fraction of sp³-hybridized carbons (Fsp3) is 0. The van der Waals surface area contributed by atoms with Gasteiger partial charge in [-0.15, -0.1) is 0 Å². The minimum absolute atomic E-state index is 0. The number of rotatable bonds is 0. The summed E-state index contributed by atoms with van der Waals surface area (Å²) >= 11 is 0. The van der Waals surface area contributed by atoms with Crippen LogP contribution in [0.2, 0.25) is 0 Å². The minimum atomic E-state index is -5.61. The second kappa shape index (κ2) is 8.78. The van der Waals surface area contributed by atoms with E-state index in [-0.39, 0.29) is 57.9 Å². The molecule has 0 aromatic carbocycles. The van der Waals surface area contributed by atoms with E-state index in [0.717, 1.165) is 0 Å². The maximum absolute atomic E-state index is 8.58. The zero-order valence-corrected chi connectivity index (χ0v) is 11.4. The van der Waals surface area contributed by atoms with E-state index in [2.05, 4.69) is 0 Å². The van der Waals surface area contributed by atoms with Crippen molar-refractivity contribution in [3.8, 4) is 0 Å². The first-order valence-corrected chi connectivity index (χ1v) is 2.45. The van der Waals surface area contributed by atoms with E-state index in [4.69, 9.17) is 19.2 Å². The largest absolute Gasteiger partial charge is 3.00 e. The predicted molar refractivity (Wildman–Crippen MR) is 17.9 cm³/mol. The van der Waals surface area contributed by atoms with Crippen molar-refractivity contribution in [2.75, 3.05) is 0 Å². The Morgan fingerprint density at radius 3 is 0.750 bits per heavy atom. The molecular weight excluding hydrogens is 526 g/mol. The molecule has 0 fully saturated rings. The molecule has 0 rings (SSSR count). The van der Waals surface area contributed by atoms with E-state index in [1.807, 2.05) is 0 Å². The van der Waals surface area contributed by atoms with Crippen molar-refractivity contribution in [2.24, 2.45) is 0 Å². The van der Waals surface area contributed by atoms with E-state index in [1.165, 1.54) is 0 Å². The summed E-state index contributed by atoms with van der Waals surface area (Å²) in [4.78, 5) is 34.3. The Kier molecular flexibility index (Phi) is 24.8. The van der Waals surface area contributed by atoms with Gasteiger partial charge in [-0.1, -0.05) is 0 Å². The van der Waals surface area contributed by atoms with E-state index in [1.54, 1.807) is 0 Å². The zero-order valence-electron chi connectivity index (χ0n) is 3.44. The van der Waals surface area contributed by atoms with Gasteiger partial charge in [-0.05, 0) is 0 Å². The molecule has 44 valence electrons. The van der Waals surface area contributed by atoms with E-state index >= 15 is 0 Å². The van der Waals surface area contributed by atoms with Gasteiger partial charge in [-0.25, -0.2) is 0 Å². The van der Waals surface area contributed by atoms with Crippen molar-refractivity contribution >= 4 is 61.5 Å². The molecule has 5 nitrogen and oxygen atoms in total. The van der Waals surface area contributed by atoms with Crippen LogP contribution in [0, 0.1) is 0 Å². The fourth-order valence-corrected chi connectivity index (χ4v) is 0. The summed E-state index contributed by atoms with van der Waals surface area (Å²) in [5, 5.41) is 0. The van der Waals surface area contributed by atoms with Gasteiger partial charge in [-0.2, -0.15) is 0 Å². The molecule has 0 saturated heterocycles. The first-order valence-electron chi connectivity index (χ1n) is 0.816. The summed E-state index contributed by atoms with van der Waals surface area (Å²) in [6.07, 6.45) is 0. The van der Waals surface area contributed by atoms with Crippen LogP contribution in [0.1, 0.15) is 0 Å². The predicted octanol–water partition coefficient (Wildman–Crippen LogP) is -6.02. The summed E-state index contributed by atoms with van der Waals surface area (Å²) in [7, 11) is -5.61. The number of hydrogen-bond acceptors (Lipinski definition) is 4. The summed E-state index contributed by atoms with van der Waals surface area (Å²) in [6.45, 7) is 0. The molecule has 0 aliphatic rings. The molecule has 0 heterocycles. The van der Waals surface area contributed by atoms with E-state index < -0.39 is 9.05 Å². The Morgan fingerprint density at radius 2 is 0.750 bits per heavy atom. The summed E-state index contributed by atoms with van der Waals surface area (Å²) < 4.78 is 0. The average molecular weight is 526 g/mol. The van der Waals surface area contributed by atoms with Crippen LogP contribution in [-0.4, -0.2) is 61.5 Å². The molecule has 0 bridgehead atoms. The Morgan fingerprint density at radius 1 is 0.750 bits per heavy atom. The SMILES string of the molecule is [Bi+3].[Bi+3].[O-2].[O-][Si]([O-])([O-])[O-]. The first-order chi connectivity index (χ1) is 2.00. The summed E-state index contributed by atoms with van der Waals surface area (Å²) in [5.41, 5.74) is 0. The Labute approximate surface area is 85.4 Å². The quantitative estimate of drug-likeness (QED) is 0.292. The molecule has 8 heteroatoms. The van der Waals surface area contributed by atoms with Gasteiger partial charge in [0, 0.05) is 0 Å². The third-order valence-corrected chi connectivity index (χ3v) is 0. The van der Waals surface area contributed by atoms with Crippen molar-refractivity contribution in [3.05, 3.63) is 0 Å². The second-order valence-electron chi connectivity index (χ2n) is 0.500. The third kappa shape index (κ3) is 113. The molecule has 8 heavy (non-hydrogen) atoms. The normalized spacial score (nSPS) is 7.50. The molecule has 0 saturated carbocycles. The molecule has 0 aromatic heterocycles. The molecule has 0 unspecified atom stereocenters. The van der Waals surface area contributed by atoms with Gasteiger partial charge >= 0.3 is 52.4 Å². The van der Waals surface area contributed by atoms with Gasteiger partial charge in [0.25, 0.3) is 0 Å². The maximum atomic E-state index is 8.58. The standard InChI is InChI=1S/2Bi.O4Si.O/c;;1-5(2,3)4;/q2*+3;-4;-2. The van der Waals surface area contributed by atoms with Gasteiger partial charge in [0.15, 0.2) is 0 Å². The topological polar surface area (TPSA) is 121 Å². The van der Waals surface area contributed by atoms with Crippen LogP contribution in [0.4, 0.5) is 0 Å². The molecule has 0 atom stereocenters. The van der Waals surface area contributed by atoms with Gasteiger partial charge < -0.3 is 33.7 Å². The van der Waals surface area contributed by atoms with Crippen LogP contribution in [0.15, 0.2) is 0 Å². The molecule has 4 radical (unpaired) electrons. The maximum Gasteiger partial charge on any atom is 3.00 e. The van der Waals surface area contributed by atoms with Gasteiger partial charge in [0.05, 0.1) is 0 Å². The van der Waals surface area contributed by atoms with Crippen molar-refractivity contribution in [1.82, 2.24) is 0 Å². The van der Waals surface area contributed by atoms with E-state index in [9.17, 15) is 0 Å². The minimum Gasteiger partial charge on any atom is -2.00 e. The third-order valence-electron chi connectivity index (χ3n) is 0. The molecule has 0 amide bonds. The molecule has 0 N–H and O–H groups in total. The van der Waals surface area contributed by atoms with Crippen LogP contribution in [0.5, 0.6) is 0 Å². The Hall–Kier alpha value is 1.78. The van der Waals surface area contributed by atoms with Crippen molar-refractivity contribution in [3.63, 3.8) is 0 Å². The second-order valence-corrected chi connectivity index (χ2v) is 1.50. The van der Waals surface area contributed by atoms with Gasteiger partial charge in [0.1, 0.15) is 0 Å². The van der Waals surface area contributed by atoms with Crippen molar-refractivity contribution < 1.29 is 24.7 Å².